The first kappa shape index (κ1) is 22.0. The molecule has 3 N–H and O–H groups in total. The van der Waals surface area contributed by atoms with Crippen molar-refractivity contribution in [3.63, 3.8) is 0 Å². The predicted molar refractivity (Wildman–Crippen MR) is 126 cm³/mol. The summed E-state index contributed by atoms with van der Waals surface area (Å²) in [6.45, 7) is 2.72. The van der Waals surface area contributed by atoms with E-state index in [0.717, 1.165) is 57.3 Å². The summed E-state index contributed by atoms with van der Waals surface area (Å²) in [7, 11) is -1.81. The van der Waals surface area contributed by atoms with Gasteiger partial charge in [0.25, 0.3) is 0 Å². The molecule has 2 unspecified atom stereocenters. The summed E-state index contributed by atoms with van der Waals surface area (Å²) >= 11 is 0. The van der Waals surface area contributed by atoms with Crippen molar-refractivity contribution in [3.05, 3.63) is 34.5 Å². The highest BCUT2D eigenvalue weighted by atomic mass is 32.2. The van der Waals surface area contributed by atoms with Crippen LogP contribution in [0.15, 0.2) is 21.5 Å². The lowest BCUT2D eigenvalue weighted by Crippen LogP contribution is -2.59. The quantitative estimate of drug-likeness (QED) is 0.680. The standard InChI is InChI=1S/C23H30N6O4S/c1-32-16-11-28(12-16)15-10-29-22(33-13-15)21(9-25-29)34(24,31)27-23(30)26-20-8-14-4-2-5-17(14)18-6-3-7-19(18)20/h8-9,15-16H,2-7,10-13H2,1H3,(H3,24,26,27,30,31). The van der Waals surface area contributed by atoms with Gasteiger partial charge in [0.1, 0.15) is 11.5 Å². The fourth-order valence-electron chi connectivity index (χ4n) is 5.73. The van der Waals surface area contributed by atoms with Gasteiger partial charge in [-0.3, -0.25) is 4.90 Å². The van der Waals surface area contributed by atoms with Crippen LogP contribution >= 0.6 is 0 Å². The fourth-order valence-corrected chi connectivity index (χ4v) is 6.73. The van der Waals surface area contributed by atoms with Crippen LogP contribution in [0.2, 0.25) is 0 Å². The molecular formula is C23H30N6O4S. The van der Waals surface area contributed by atoms with Crippen molar-refractivity contribution in [2.75, 3.05) is 32.1 Å². The first-order valence-corrected chi connectivity index (χ1v) is 13.5. The number of hydrogen-bond donors (Lipinski definition) is 2. The average Bonchev–Trinajstić information content (AvgIpc) is 3.50. The van der Waals surface area contributed by atoms with Gasteiger partial charge < -0.3 is 14.8 Å². The second-order valence-corrected chi connectivity index (χ2v) is 11.3. The van der Waals surface area contributed by atoms with E-state index in [0.29, 0.717) is 19.0 Å². The van der Waals surface area contributed by atoms with Crippen LogP contribution in [0.25, 0.3) is 0 Å². The molecular weight excluding hydrogens is 456 g/mol. The smallest absolute Gasteiger partial charge is 0.354 e. The molecule has 182 valence electrons. The van der Waals surface area contributed by atoms with Crippen molar-refractivity contribution in [3.8, 4) is 5.88 Å². The van der Waals surface area contributed by atoms with Crippen LogP contribution in [0.4, 0.5) is 10.5 Å². The number of carbonyl (C=O) groups is 1. The number of rotatable bonds is 4. The molecule has 2 amide bonds. The van der Waals surface area contributed by atoms with Crippen molar-refractivity contribution in [2.45, 2.75) is 62.1 Å². The van der Waals surface area contributed by atoms with Gasteiger partial charge >= 0.3 is 6.03 Å². The molecule has 2 aliphatic carbocycles. The number of hydrogen-bond acceptors (Lipinski definition) is 6. The van der Waals surface area contributed by atoms with Crippen LogP contribution in [0.5, 0.6) is 5.88 Å². The molecule has 4 aliphatic rings. The van der Waals surface area contributed by atoms with E-state index in [1.165, 1.54) is 28.5 Å². The summed E-state index contributed by atoms with van der Waals surface area (Å²) in [6, 6.07) is 1.51. The second kappa shape index (κ2) is 8.33. The Morgan fingerprint density at radius 2 is 1.97 bits per heavy atom. The van der Waals surface area contributed by atoms with Gasteiger partial charge in [-0.05, 0) is 66.8 Å². The normalized spacial score (nSPS) is 23.3. The summed E-state index contributed by atoms with van der Waals surface area (Å²) in [5.41, 5.74) is 6.11. The number of nitrogens with zero attached hydrogens (tertiary/aromatic N) is 4. The zero-order valence-electron chi connectivity index (χ0n) is 19.3. The number of methoxy groups -OCH3 is 1. The van der Waals surface area contributed by atoms with Gasteiger partial charge in [0, 0.05) is 25.9 Å². The molecule has 0 radical (unpaired) electrons. The molecule has 34 heavy (non-hydrogen) atoms. The van der Waals surface area contributed by atoms with E-state index in [4.69, 9.17) is 14.6 Å². The number of urea groups is 1. The lowest BCUT2D eigenvalue weighted by molar-refractivity contribution is -0.0687. The number of likely N-dealkylation sites (tertiary alicyclic amines) is 1. The van der Waals surface area contributed by atoms with E-state index in [-0.39, 0.29) is 17.0 Å². The molecule has 2 aromatic rings. The van der Waals surface area contributed by atoms with Crippen LogP contribution in [-0.2, 0) is 46.9 Å². The van der Waals surface area contributed by atoms with E-state index in [2.05, 4.69) is 25.7 Å². The van der Waals surface area contributed by atoms with Crippen molar-refractivity contribution >= 4 is 21.6 Å². The Morgan fingerprint density at radius 1 is 1.21 bits per heavy atom. The number of aromatic nitrogens is 2. The number of fused-ring (bicyclic) bond motifs is 4. The second-order valence-electron chi connectivity index (χ2n) is 9.59. The molecule has 2 atom stereocenters. The Kier molecular flexibility index (Phi) is 5.40. The van der Waals surface area contributed by atoms with Crippen molar-refractivity contribution in [1.29, 1.82) is 0 Å². The third-order valence-corrected chi connectivity index (χ3v) is 8.89. The maximum atomic E-state index is 13.3. The van der Waals surface area contributed by atoms with E-state index in [1.807, 2.05) is 0 Å². The number of ether oxygens (including phenoxy) is 2. The minimum absolute atomic E-state index is 0.152. The van der Waals surface area contributed by atoms with E-state index >= 15 is 0 Å². The topological polar surface area (TPSA) is 124 Å². The maximum Gasteiger partial charge on any atom is 0.354 e. The highest BCUT2D eigenvalue weighted by Crippen LogP contribution is 2.38. The van der Waals surface area contributed by atoms with Gasteiger partial charge in [0.05, 0.1) is 24.9 Å². The largest absolute Gasteiger partial charge is 0.475 e. The lowest BCUT2D eigenvalue weighted by atomic mass is 9.98. The molecule has 6 rings (SSSR count). The predicted octanol–water partition coefficient (Wildman–Crippen LogP) is 1.88. The number of benzene rings is 1. The zero-order chi connectivity index (χ0) is 23.4. The van der Waals surface area contributed by atoms with Gasteiger partial charge in [-0.25, -0.2) is 18.8 Å². The van der Waals surface area contributed by atoms with Crippen LogP contribution in [0.3, 0.4) is 0 Å². The summed E-state index contributed by atoms with van der Waals surface area (Å²) in [6.07, 6.45) is 8.02. The summed E-state index contributed by atoms with van der Waals surface area (Å²) in [5, 5.41) is 13.3. The maximum absolute atomic E-state index is 13.3. The third-order valence-electron chi connectivity index (χ3n) is 7.54. The summed E-state index contributed by atoms with van der Waals surface area (Å²) in [5.74, 6) is 0.322. The lowest BCUT2D eigenvalue weighted by Gasteiger charge is -2.44. The molecule has 1 aromatic carbocycles. The number of aryl methyl sites for hydroxylation is 1. The minimum Gasteiger partial charge on any atom is -0.475 e. The SMILES string of the molecule is COC1CN(C2COc3c(S(N)(=O)=NC(=O)Nc4cc5c(c6c4CCC6)CCC5)cnn3C2)C1. The molecule has 0 spiro atoms. The third kappa shape index (κ3) is 3.71. The van der Waals surface area contributed by atoms with E-state index < -0.39 is 15.9 Å². The Balaban J connectivity index is 1.21. The zero-order valence-corrected chi connectivity index (χ0v) is 20.1. The highest BCUT2D eigenvalue weighted by Gasteiger charge is 2.37. The van der Waals surface area contributed by atoms with Gasteiger partial charge in [-0.1, -0.05) is 0 Å². The van der Waals surface area contributed by atoms with Gasteiger partial charge in [-0.2, -0.15) is 5.10 Å². The molecule has 11 heteroatoms. The molecule has 1 aromatic heterocycles. The first-order valence-electron chi connectivity index (χ1n) is 11.9. The van der Waals surface area contributed by atoms with Crippen molar-refractivity contribution in [1.82, 2.24) is 14.7 Å². The Bertz CT molecular complexity index is 1270. The summed E-state index contributed by atoms with van der Waals surface area (Å²) in [4.78, 5) is 15.2. The van der Waals surface area contributed by atoms with Crippen molar-refractivity contribution in [2.24, 2.45) is 9.50 Å². The molecule has 2 aliphatic heterocycles. The van der Waals surface area contributed by atoms with Gasteiger partial charge in [-0.15, -0.1) is 4.36 Å². The number of anilines is 1. The van der Waals surface area contributed by atoms with Gasteiger partial charge in [0.15, 0.2) is 9.92 Å². The molecule has 3 heterocycles. The molecule has 0 saturated carbocycles. The average molecular weight is 487 g/mol. The molecule has 1 fully saturated rings. The number of nitrogens with one attached hydrogen (secondary N) is 1. The highest BCUT2D eigenvalue weighted by molar-refractivity contribution is 7.91. The number of nitrogens with two attached hydrogens (primary N) is 1. The van der Waals surface area contributed by atoms with Crippen LogP contribution in [0, 0.1) is 0 Å². The molecule has 1 saturated heterocycles. The number of carbonyl (C=O) groups excluding carboxylic acids is 1. The van der Waals surface area contributed by atoms with Crippen molar-refractivity contribution < 1.29 is 18.5 Å². The van der Waals surface area contributed by atoms with Crippen LogP contribution in [-0.4, -0.2) is 63.9 Å². The Hall–Kier alpha value is -2.47. The van der Waals surface area contributed by atoms with Gasteiger partial charge in [0.2, 0.25) is 5.88 Å². The van der Waals surface area contributed by atoms with E-state index in [1.54, 1.807) is 11.8 Å². The Morgan fingerprint density at radius 3 is 2.79 bits per heavy atom. The monoisotopic (exact) mass is 486 g/mol. The molecule has 0 bridgehead atoms. The first-order chi connectivity index (χ1) is 16.4. The number of amides is 2. The fraction of sp³-hybridized carbons (Fsp3) is 0.565. The minimum atomic E-state index is -3.52. The summed E-state index contributed by atoms with van der Waals surface area (Å²) < 4.78 is 30.1. The molecule has 10 nitrogen and oxygen atoms in total. The van der Waals surface area contributed by atoms with E-state index in [9.17, 15) is 9.00 Å². The van der Waals surface area contributed by atoms with Crippen LogP contribution in [0.1, 0.15) is 35.1 Å². The van der Waals surface area contributed by atoms with Crippen LogP contribution < -0.4 is 15.2 Å². The Labute approximate surface area is 199 Å².